The Hall–Kier alpha value is -2.63. The lowest BCUT2D eigenvalue weighted by Gasteiger charge is -2.19. The molecule has 1 aromatic carbocycles. The summed E-state index contributed by atoms with van der Waals surface area (Å²) in [6, 6.07) is 9.00. The Kier molecular flexibility index (Phi) is 5.16. The molecule has 132 valence electrons. The lowest BCUT2D eigenvalue weighted by Crippen LogP contribution is -2.31. The highest BCUT2D eigenvalue weighted by atomic mass is 16.5. The molecule has 0 spiro atoms. The maximum atomic E-state index is 12.8. The average molecular weight is 341 g/mol. The van der Waals surface area contributed by atoms with E-state index in [1.54, 1.807) is 0 Å². The molecule has 1 aliphatic rings. The Balaban J connectivity index is 1.84. The molecule has 25 heavy (non-hydrogen) atoms. The van der Waals surface area contributed by atoms with Gasteiger partial charge in [0, 0.05) is 6.54 Å². The molecule has 0 bridgehead atoms. The fraction of sp³-hybridized carbons (Fsp3) is 0.421. The van der Waals surface area contributed by atoms with Gasteiger partial charge in [-0.25, -0.2) is 4.98 Å². The zero-order chi connectivity index (χ0) is 17.8. The summed E-state index contributed by atoms with van der Waals surface area (Å²) in [5.41, 5.74) is 2.33. The van der Waals surface area contributed by atoms with Crippen LogP contribution in [0.25, 0.3) is 0 Å². The maximum absolute atomic E-state index is 12.8. The molecule has 0 fully saturated rings. The van der Waals surface area contributed by atoms with Gasteiger partial charge in [0.1, 0.15) is 11.5 Å². The van der Waals surface area contributed by atoms with Gasteiger partial charge < -0.3 is 14.6 Å². The Bertz CT molecular complexity index is 768. The topological polar surface area (TPSA) is 73.2 Å². The monoisotopic (exact) mass is 341 g/mol. The second kappa shape index (κ2) is 7.51. The van der Waals surface area contributed by atoms with E-state index in [1.807, 2.05) is 37.3 Å². The highest BCUT2D eigenvalue weighted by molar-refractivity contribution is 5.94. The summed E-state index contributed by atoms with van der Waals surface area (Å²) in [7, 11) is 1.35. The highest BCUT2D eigenvalue weighted by Gasteiger charge is 2.26. The molecule has 1 atom stereocenters. The SMILES string of the molecule is COC(=O)C[C@@H](NC(=O)c1nc(C)n2c1CCCC2)c1ccccc1. The number of ether oxygens (including phenoxy) is 1. The first-order valence-corrected chi connectivity index (χ1v) is 8.58. The fourth-order valence-corrected chi connectivity index (χ4v) is 3.32. The third-order valence-electron chi connectivity index (χ3n) is 4.63. The molecule has 6 nitrogen and oxygen atoms in total. The van der Waals surface area contributed by atoms with E-state index < -0.39 is 6.04 Å². The summed E-state index contributed by atoms with van der Waals surface area (Å²) >= 11 is 0. The fourth-order valence-electron chi connectivity index (χ4n) is 3.32. The van der Waals surface area contributed by atoms with E-state index in [9.17, 15) is 9.59 Å². The normalized spacial score (nSPS) is 14.5. The average Bonchev–Trinajstić information content (AvgIpc) is 2.99. The molecule has 0 saturated carbocycles. The standard InChI is InChI=1S/C19H23N3O3/c1-13-20-18(16-10-6-7-11-22(13)16)19(24)21-15(12-17(23)25-2)14-8-4-3-5-9-14/h3-5,8-9,15H,6-7,10-12H2,1-2H3,(H,21,24)/t15-/m1/s1. The van der Waals surface area contributed by atoms with Gasteiger partial charge in [-0.05, 0) is 31.7 Å². The third kappa shape index (κ3) is 3.73. The Labute approximate surface area is 147 Å². The summed E-state index contributed by atoms with van der Waals surface area (Å²) in [6.07, 6.45) is 3.12. The number of fused-ring (bicyclic) bond motifs is 1. The van der Waals surface area contributed by atoms with Crippen molar-refractivity contribution in [2.24, 2.45) is 0 Å². The number of imidazole rings is 1. The van der Waals surface area contributed by atoms with Crippen molar-refractivity contribution in [3.63, 3.8) is 0 Å². The van der Waals surface area contributed by atoms with Crippen LogP contribution in [0.5, 0.6) is 0 Å². The molecule has 1 aliphatic heterocycles. The van der Waals surface area contributed by atoms with Gasteiger partial charge in [-0.15, -0.1) is 0 Å². The van der Waals surface area contributed by atoms with E-state index in [0.717, 1.165) is 42.9 Å². The predicted molar refractivity (Wildman–Crippen MR) is 93.2 cm³/mol. The van der Waals surface area contributed by atoms with Crippen molar-refractivity contribution < 1.29 is 14.3 Å². The molecule has 0 aliphatic carbocycles. The van der Waals surface area contributed by atoms with Crippen molar-refractivity contribution in [1.82, 2.24) is 14.9 Å². The number of benzene rings is 1. The Morgan fingerprint density at radius 3 is 2.76 bits per heavy atom. The number of aryl methyl sites for hydroxylation is 1. The van der Waals surface area contributed by atoms with Crippen molar-refractivity contribution >= 4 is 11.9 Å². The number of hydrogen-bond acceptors (Lipinski definition) is 4. The van der Waals surface area contributed by atoms with E-state index in [2.05, 4.69) is 14.9 Å². The van der Waals surface area contributed by atoms with Crippen LogP contribution in [-0.4, -0.2) is 28.5 Å². The largest absolute Gasteiger partial charge is 0.469 e. The van der Waals surface area contributed by atoms with E-state index in [4.69, 9.17) is 4.74 Å². The van der Waals surface area contributed by atoms with E-state index in [-0.39, 0.29) is 18.3 Å². The first kappa shape index (κ1) is 17.2. The summed E-state index contributed by atoms with van der Waals surface area (Å²) in [4.78, 5) is 29.1. The number of rotatable bonds is 5. The minimum absolute atomic E-state index is 0.0846. The van der Waals surface area contributed by atoms with Crippen LogP contribution < -0.4 is 5.32 Å². The van der Waals surface area contributed by atoms with Crippen molar-refractivity contribution in [1.29, 1.82) is 0 Å². The Morgan fingerprint density at radius 1 is 1.28 bits per heavy atom. The molecule has 2 aromatic rings. The van der Waals surface area contributed by atoms with Gasteiger partial charge in [0.05, 0.1) is 25.3 Å². The number of esters is 1. The first-order chi connectivity index (χ1) is 12.1. The van der Waals surface area contributed by atoms with Crippen LogP contribution in [0.1, 0.15) is 52.9 Å². The summed E-state index contributed by atoms with van der Waals surface area (Å²) in [6.45, 7) is 2.83. The lowest BCUT2D eigenvalue weighted by atomic mass is 10.0. The molecule has 0 saturated heterocycles. The van der Waals surface area contributed by atoms with Crippen LogP contribution in [0.15, 0.2) is 30.3 Å². The summed E-state index contributed by atoms with van der Waals surface area (Å²) in [5, 5.41) is 2.96. The van der Waals surface area contributed by atoms with Gasteiger partial charge in [-0.3, -0.25) is 9.59 Å². The second-order valence-corrected chi connectivity index (χ2v) is 6.28. The number of amides is 1. The molecule has 0 unspecified atom stereocenters. The number of hydrogen-bond donors (Lipinski definition) is 1. The van der Waals surface area contributed by atoms with Gasteiger partial charge in [0.25, 0.3) is 5.91 Å². The number of nitrogens with one attached hydrogen (secondary N) is 1. The van der Waals surface area contributed by atoms with Crippen LogP contribution in [0.3, 0.4) is 0 Å². The Morgan fingerprint density at radius 2 is 2.04 bits per heavy atom. The van der Waals surface area contributed by atoms with Crippen molar-refractivity contribution in [2.45, 2.75) is 45.2 Å². The zero-order valence-electron chi connectivity index (χ0n) is 14.6. The predicted octanol–water partition coefficient (Wildman–Crippen LogP) is 2.56. The number of aromatic nitrogens is 2. The second-order valence-electron chi connectivity index (χ2n) is 6.28. The van der Waals surface area contributed by atoms with Crippen LogP contribution in [0, 0.1) is 6.92 Å². The van der Waals surface area contributed by atoms with Crippen molar-refractivity contribution in [3.8, 4) is 0 Å². The van der Waals surface area contributed by atoms with E-state index in [0.29, 0.717) is 5.69 Å². The summed E-state index contributed by atoms with van der Waals surface area (Å²) < 4.78 is 6.90. The third-order valence-corrected chi connectivity index (χ3v) is 4.63. The van der Waals surface area contributed by atoms with Crippen LogP contribution in [0.4, 0.5) is 0 Å². The van der Waals surface area contributed by atoms with Crippen LogP contribution in [0.2, 0.25) is 0 Å². The zero-order valence-corrected chi connectivity index (χ0v) is 14.6. The molecule has 6 heteroatoms. The molecule has 2 heterocycles. The molecular formula is C19H23N3O3. The van der Waals surface area contributed by atoms with Gasteiger partial charge in [0.15, 0.2) is 0 Å². The van der Waals surface area contributed by atoms with E-state index in [1.165, 1.54) is 7.11 Å². The van der Waals surface area contributed by atoms with Crippen LogP contribution in [-0.2, 0) is 22.5 Å². The van der Waals surface area contributed by atoms with Gasteiger partial charge in [-0.2, -0.15) is 0 Å². The minimum atomic E-state index is -0.442. The number of carbonyl (C=O) groups excluding carboxylic acids is 2. The van der Waals surface area contributed by atoms with Gasteiger partial charge >= 0.3 is 5.97 Å². The minimum Gasteiger partial charge on any atom is -0.469 e. The maximum Gasteiger partial charge on any atom is 0.307 e. The number of methoxy groups -OCH3 is 1. The van der Waals surface area contributed by atoms with Gasteiger partial charge in [-0.1, -0.05) is 30.3 Å². The summed E-state index contributed by atoms with van der Waals surface area (Å²) in [5.74, 6) is 0.262. The lowest BCUT2D eigenvalue weighted by molar-refractivity contribution is -0.141. The molecule has 1 N–H and O–H groups in total. The first-order valence-electron chi connectivity index (χ1n) is 8.58. The number of carbonyl (C=O) groups is 2. The van der Waals surface area contributed by atoms with E-state index >= 15 is 0 Å². The quantitative estimate of drug-likeness (QED) is 0.848. The molecule has 3 rings (SSSR count). The van der Waals surface area contributed by atoms with Gasteiger partial charge in [0.2, 0.25) is 0 Å². The van der Waals surface area contributed by atoms with Crippen molar-refractivity contribution in [3.05, 3.63) is 53.1 Å². The highest BCUT2D eigenvalue weighted by Crippen LogP contribution is 2.23. The smallest absolute Gasteiger partial charge is 0.307 e. The molecule has 1 amide bonds. The molecule has 1 aromatic heterocycles. The number of nitrogens with zero attached hydrogens (tertiary/aromatic N) is 2. The molecular weight excluding hydrogens is 318 g/mol. The van der Waals surface area contributed by atoms with Crippen molar-refractivity contribution in [2.75, 3.05) is 7.11 Å². The van der Waals surface area contributed by atoms with Crippen LogP contribution >= 0.6 is 0 Å². The molecule has 0 radical (unpaired) electrons.